The van der Waals surface area contributed by atoms with Crippen LogP contribution in [-0.4, -0.2) is 15.0 Å². The van der Waals surface area contributed by atoms with Gasteiger partial charge >= 0.3 is 0 Å². The first kappa shape index (κ1) is 26.3. The van der Waals surface area contributed by atoms with Crippen LogP contribution in [0.25, 0.3) is 78.4 Å². The van der Waals surface area contributed by atoms with Crippen LogP contribution in [0.2, 0.25) is 0 Å². The molecule has 5 heteroatoms. The van der Waals surface area contributed by atoms with Crippen LogP contribution in [0.15, 0.2) is 150 Å². The summed E-state index contributed by atoms with van der Waals surface area (Å²) in [4.78, 5) is 14.9. The van der Waals surface area contributed by atoms with Crippen molar-refractivity contribution in [3.8, 4) is 62.5 Å². The lowest BCUT2D eigenvalue weighted by atomic mass is 9.95. The van der Waals surface area contributed by atoms with E-state index < -0.39 is 0 Å². The summed E-state index contributed by atoms with van der Waals surface area (Å²) >= 11 is 0. The van der Waals surface area contributed by atoms with Gasteiger partial charge in [-0.15, -0.1) is 0 Å². The van der Waals surface area contributed by atoms with E-state index in [1.165, 1.54) is 0 Å². The maximum atomic E-state index is 9.38. The number of hydrogen-bond donors (Lipinski definition) is 0. The Morgan fingerprint density at radius 1 is 0.400 bits per heavy atom. The van der Waals surface area contributed by atoms with Crippen molar-refractivity contribution < 1.29 is 4.42 Å². The first-order chi connectivity index (χ1) is 22.2. The third-order valence-electron chi connectivity index (χ3n) is 7.95. The number of furan rings is 1. The molecule has 0 atom stereocenters. The SMILES string of the molecule is N#Cc1ccc(-c2cc(-c3ccc4c(c3)oc3ccccc34)cc(-c3nc(-c4ccccc4)nc(-c4ccccc4)n3)c2)cc1. The van der Waals surface area contributed by atoms with Crippen LogP contribution in [0.5, 0.6) is 0 Å². The lowest BCUT2D eigenvalue weighted by Gasteiger charge is -2.12. The van der Waals surface area contributed by atoms with Gasteiger partial charge in [-0.1, -0.05) is 97.1 Å². The van der Waals surface area contributed by atoms with Crippen LogP contribution < -0.4 is 0 Å². The number of aromatic nitrogens is 3. The van der Waals surface area contributed by atoms with Gasteiger partial charge in [0, 0.05) is 27.5 Å². The largest absolute Gasteiger partial charge is 0.456 e. The van der Waals surface area contributed by atoms with Gasteiger partial charge < -0.3 is 4.42 Å². The van der Waals surface area contributed by atoms with Gasteiger partial charge in [0.05, 0.1) is 11.6 Å². The van der Waals surface area contributed by atoms with Crippen molar-refractivity contribution in [2.45, 2.75) is 0 Å². The van der Waals surface area contributed by atoms with Crippen LogP contribution in [0.4, 0.5) is 0 Å². The highest BCUT2D eigenvalue weighted by molar-refractivity contribution is 6.06. The zero-order valence-corrected chi connectivity index (χ0v) is 24.1. The molecule has 0 radical (unpaired) electrons. The fraction of sp³-hybridized carbons (Fsp3) is 0. The van der Waals surface area contributed by atoms with Crippen LogP contribution in [0.1, 0.15) is 5.56 Å². The molecule has 210 valence electrons. The highest BCUT2D eigenvalue weighted by Crippen LogP contribution is 2.36. The third kappa shape index (κ3) is 5.01. The molecule has 8 aromatic rings. The van der Waals surface area contributed by atoms with E-state index in [4.69, 9.17) is 19.4 Å². The molecule has 0 amide bonds. The van der Waals surface area contributed by atoms with Crippen LogP contribution in [0, 0.1) is 11.3 Å². The van der Waals surface area contributed by atoms with Crippen LogP contribution in [0.3, 0.4) is 0 Å². The maximum absolute atomic E-state index is 9.38. The van der Waals surface area contributed by atoms with E-state index >= 15 is 0 Å². The van der Waals surface area contributed by atoms with E-state index in [9.17, 15) is 5.26 Å². The summed E-state index contributed by atoms with van der Waals surface area (Å²) in [6, 6.07) is 50.6. The highest BCUT2D eigenvalue weighted by atomic mass is 16.3. The smallest absolute Gasteiger partial charge is 0.164 e. The molecular formula is C40H24N4O. The van der Waals surface area contributed by atoms with Gasteiger partial charge in [0.1, 0.15) is 11.2 Å². The number of nitriles is 1. The van der Waals surface area contributed by atoms with Crippen LogP contribution in [-0.2, 0) is 0 Å². The second-order valence-corrected chi connectivity index (χ2v) is 10.8. The van der Waals surface area contributed by atoms with Gasteiger partial charge in [-0.25, -0.2) is 15.0 Å². The quantitative estimate of drug-likeness (QED) is 0.204. The normalized spacial score (nSPS) is 11.1. The van der Waals surface area contributed by atoms with E-state index in [0.29, 0.717) is 23.0 Å². The number of rotatable bonds is 5. The standard InChI is InChI=1S/C40H24N4O/c41-25-26-15-17-27(18-16-26)31-21-32(30-19-20-35-34-13-7-8-14-36(34)45-37(35)24-30)23-33(22-31)40-43-38(28-9-3-1-4-10-28)42-39(44-40)29-11-5-2-6-12-29/h1-24H. The van der Waals surface area contributed by atoms with Crippen molar-refractivity contribution in [3.05, 3.63) is 151 Å². The Labute approximate surface area is 259 Å². The Bertz CT molecular complexity index is 2310. The highest BCUT2D eigenvalue weighted by Gasteiger charge is 2.16. The Hall–Kier alpha value is -6.38. The van der Waals surface area contributed by atoms with Gasteiger partial charge in [-0.3, -0.25) is 0 Å². The molecule has 0 unspecified atom stereocenters. The van der Waals surface area contributed by atoms with Gasteiger partial charge in [0.25, 0.3) is 0 Å². The molecule has 2 aromatic heterocycles. The first-order valence-corrected chi connectivity index (χ1v) is 14.7. The number of fused-ring (bicyclic) bond motifs is 3. The molecule has 2 heterocycles. The van der Waals surface area contributed by atoms with Crippen molar-refractivity contribution in [1.29, 1.82) is 5.26 Å². The van der Waals surface area contributed by atoms with E-state index in [0.717, 1.165) is 60.9 Å². The lowest BCUT2D eigenvalue weighted by Crippen LogP contribution is -2.00. The van der Waals surface area contributed by atoms with E-state index in [-0.39, 0.29) is 0 Å². The Morgan fingerprint density at radius 3 is 1.56 bits per heavy atom. The van der Waals surface area contributed by atoms with Crippen molar-refractivity contribution in [3.63, 3.8) is 0 Å². The number of benzene rings is 6. The molecule has 6 aromatic carbocycles. The van der Waals surface area contributed by atoms with Crippen molar-refractivity contribution in [1.82, 2.24) is 15.0 Å². The predicted octanol–water partition coefficient (Wildman–Crippen LogP) is 9.98. The molecule has 0 N–H and O–H groups in total. The molecule has 45 heavy (non-hydrogen) atoms. The number of para-hydroxylation sites is 1. The van der Waals surface area contributed by atoms with Crippen molar-refractivity contribution in [2.75, 3.05) is 0 Å². The second-order valence-electron chi connectivity index (χ2n) is 10.8. The average molecular weight is 577 g/mol. The zero-order valence-electron chi connectivity index (χ0n) is 24.1. The van der Waals surface area contributed by atoms with E-state index in [1.54, 1.807) is 0 Å². The average Bonchev–Trinajstić information content (AvgIpc) is 3.50. The fourth-order valence-corrected chi connectivity index (χ4v) is 5.67. The Balaban J connectivity index is 1.34. The van der Waals surface area contributed by atoms with Crippen LogP contribution >= 0.6 is 0 Å². The molecule has 0 fully saturated rings. The van der Waals surface area contributed by atoms with Gasteiger partial charge in [-0.05, 0) is 70.8 Å². The predicted molar refractivity (Wildman–Crippen MR) is 179 cm³/mol. The van der Waals surface area contributed by atoms with Gasteiger partial charge in [0.2, 0.25) is 0 Å². The first-order valence-electron chi connectivity index (χ1n) is 14.7. The molecule has 0 aliphatic heterocycles. The van der Waals surface area contributed by atoms with Gasteiger partial charge in [0.15, 0.2) is 17.5 Å². The summed E-state index contributed by atoms with van der Waals surface area (Å²) < 4.78 is 6.24. The number of nitrogens with zero attached hydrogens (tertiary/aromatic N) is 4. The number of hydrogen-bond acceptors (Lipinski definition) is 5. The topological polar surface area (TPSA) is 75.6 Å². The summed E-state index contributed by atoms with van der Waals surface area (Å²) in [5.41, 5.74) is 8.98. The summed E-state index contributed by atoms with van der Waals surface area (Å²) in [6.07, 6.45) is 0. The third-order valence-corrected chi connectivity index (χ3v) is 7.95. The molecule has 0 aliphatic carbocycles. The Kier molecular flexibility index (Phi) is 6.44. The monoisotopic (exact) mass is 576 g/mol. The Morgan fingerprint density at radius 2 is 0.911 bits per heavy atom. The summed E-state index contributed by atoms with van der Waals surface area (Å²) in [7, 11) is 0. The van der Waals surface area contributed by atoms with Gasteiger partial charge in [-0.2, -0.15) is 5.26 Å². The molecule has 0 aliphatic rings. The molecule has 0 spiro atoms. The summed E-state index contributed by atoms with van der Waals surface area (Å²) in [5, 5.41) is 11.6. The molecule has 0 saturated heterocycles. The second kappa shape index (κ2) is 11.0. The molecule has 0 bridgehead atoms. The fourth-order valence-electron chi connectivity index (χ4n) is 5.67. The molecule has 0 saturated carbocycles. The summed E-state index contributed by atoms with van der Waals surface area (Å²) in [5.74, 6) is 1.78. The summed E-state index contributed by atoms with van der Waals surface area (Å²) in [6.45, 7) is 0. The molecular weight excluding hydrogens is 552 g/mol. The van der Waals surface area contributed by atoms with E-state index in [2.05, 4.69) is 48.5 Å². The maximum Gasteiger partial charge on any atom is 0.164 e. The zero-order chi connectivity index (χ0) is 30.2. The molecule has 8 rings (SSSR count). The van der Waals surface area contributed by atoms with Crippen molar-refractivity contribution >= 4 is 21.9 Å². The van der Waals surface area contributed by atoms with Crippen molar-refractivity contribution in [2.24, 2.45) is 0 Å². The minimum absolute atomic E-state index is 0.573. The minimum atomic E-state index is 0.573. The van der Waals surface area contributed by atoms with E-state index in [1.807, 2.05) is 103 Å². The lowest BCUT2D eigenvalue weighted by molar-refractivity contribution is 0.669. The minimum Gasteiger partial charge on any atom is -0.456 e. The molecule has 5 nitrogen and oxygen atoms in total.